The predicted molar refractivity (Wildman–Crippen MR) is 144 cm³/mol. The average Bonchev–Trinajstić information content (AvgIpc) is 3.26. The molecule has 1 aliphatic heterocycles. The zero-order chi connectivity index (χ0) is 26.9. The van der Waals surface area contributed by atoms with Crippen molar-refractivity contribution in [3.8, 4) is 16.9 Å². The van der Waals surface area contributed by atoms with E-state index in [2.05, 4.69) is 24.6 Å². The number of hydrogen-bond donors (Lipinski definition) is 2. The second-order valence-corrected chi connectivity index (χ2v) is 11.8. The first-order valence-electron chi connectivity index (χ1n) is 11.9. The third-order valence-corrected chi connectivity index (χ3v) is 9.09. The Bertz CT molecular complexity index is 1650. The summed E-state index contributed by atoms with van der Waals surface area (Å²) in [7, 11) is -3.91. The summed E-state index contributed by atoms with van der Waals surface area (Å²) in [6.07, 6.45) is 4.55. The third kappa shape index (κ3) is 5.48. The standard InChI is InChI=1S/C24H27N7O5S2/c1-15-24(37-16(2)28-15)38(33,34)29-19-11-18(12-27-22(19)25)17-3-4-21-26-13-20(23(32)31(21)14-17)36-10-7-30-5-8-35-9-6-30/h3-4,11-14,29H,5-10H2,1-2H3,(H2,25,27). The van der Waals surface area contributed by atoms with E-state index in [-0.39, 0.29) is 27.0 Å². The van der Waals surface area contributed by atoms with Gasteiger partial charge in [0.05, 0.1) is 35.8 Å². The normalized spacial score (nSPS) is 14.6. The van der Waals surface area contributed by atoms with Gasteiger partial charge in [-0.15, -0.1) is 11.3 Å². The number of nitrogens with one attached hydrogen (secondary N) is 1. The van der Waals surface area contributed by atoms with Crippen LogP contribution >= 0.6 is 11.3 Å². The molecule has 0 bridgehead atoms. The average molecular weight is 558 g/mol. The van der Waals surface area contributed by atoms with Crippen LogP contribution in [-0.4, -0.2) is 72.1 Å². The Morgan fingerprint density at radius 1 is 1.16 bits per heavy atom. The smallest absolute Gasteiger partial charge is 0.300 e. The number of morpholine rings is 1. The number of nitrogens with zero attached hydrogens (tertiary/aromatic N) is 5. The molecule has 0 amide bonds. The molecule has 1 saturated heterocycles. The molecule has 14 heteroatoms. The molecule has 4 aromatic heterocycles. The lowest BCUT2D eigenvalue weighted by Crippen LogP contribution is -2.38. The maximum absolute atomic E-state index is 13.1. The lowest BCUT2D eigenvalue weighted by atomic mass is 10.1. The van der Waals surface area contributed by atoms with Gasteiger partial charge in [-0.3, -0.25) is 18.8 Å². The van der Waals surface area contributed by atoms with Gasteiger partial charge in [0, 0.05) is 43.2 Å². The van der Waals surface area contributed by atoms with Gasteiger partial charge in [0.25, 0.3) is 15.6 Å². The minimum Gasteiger partial charge on any atom is -0.485 e. The van der Waals surface area contributed by atoms with Crippen molar-refractivity contribution in [2.75, 3.05) is 49.9 Å². The summed E-state index contributed by atoms with van der Waals surface area (Å²) >= 11 is 1.08. The number of fused-ring (bicyclic) bond motifs is 1. The van der Waals surface area contributed by atoms with Gasteiger partial charge < -0.3 is 15.2 Å². The summed E-state index contributed by atoms with van der Waals surface area (Å²) in [5.74, 6) is 0.166. The monoisotopic (exact) mass is 557 g/mol. The van der Waals surface area contributed by atoms with Gasteiger partial charge in [0.2, 0.25) is 5.75 Å². The Morgan fingerprint density at radius 3 is 2.68 bits per heavy atom. The molecular formula is C24H27N7O5S2. The number of sulfonamides is 1. The number of thiazole rings is 1. The molecule has 3 N–H and O–H groups in total. The summed E-state index contributed by atoms with van der Waals surface area (Å²) in [6, 6.07) is 5.03. The molecule has 0 unspecified atom stereocenters. The number of nitrogens with two attached hydrogens (primary N) is 1. The summed E-state index contributed by atoms with van der Waals surface area (Å²) in [4.78, 5) is 28.0. The number of aromatic nitrogens is 4. The molecule has 0 saturated carbocycles. The van der Waals surface area contributed by atoms with Gasteiger partial charge in [-0.25, -0.2) is 23.4 Å². The van der Waals surface area contributed by atoms with E-state index in [4.69, 9.17) is 15.2 Å². The van der Waals surface area contributed by atoms with E-state index < -0.39 is 10.0 Å². The molecule has 0 atom stereocenters. The summed E-state index contributed by atoms with van der Waals surface area (Å²) in [6.45, 7) is 7.46. The highest BCUT2D eigenvalue weighted by Gasteiger charge is 2.22. The Labute approximate surface area is 223 Å². The Kier molecular flexibility index (Phi) is 7.29. The van der Waals surface area contributed by atoms with Crippen LogP contribution in [0.1, 0.15) is 10.7 Å². The van der Waals surface area contributed by atoms with Crippen molar-refractivity contribution in [2.45, 2.75) is 18.1 Å². The van der Waals surface area contributed by atoms with E-state index in [1.54, 1.807) is 38.2 Å². The molecule has 5 heterocycles. The minimum atomic E-state index is -3.91. The first kappa shape index (κ1) is 26.0. The van der Waals surface area contributed by atoms with E-state index in [1.807, 2.05) is 0 Å². The van der Waals surface area contributed by atoms with Gasteiger partial charge in [0.1, 0.15) is 18.1 Å². The number of nitrogen functional groups attached to an aromatic ring is 1. The number of aryl methyl sites for hydroxylation is 2. The quantitative estimate of drug-likeness (QED) is 0.328. The molecule has 4 aromatic rings. The van der Waals surface area contributed by atoms with Gasteiger partial charge in [-0.05, 0) is 32.0 Å². The van der Waals surface area contributed by atoms with Crippen LogP contribution in [0.15, 0.2) is 45.8 Å². The topological polar surface area (TPSA) is 154 Å². The zero-order valence-electron chi connectivity index (χ0n) is 20.9. The van der Waals surface area contributed by atoms with Crippen LogP contribution in [0.2, 0.25) is 0 Å². The van der Waals surface area contributed by atoms with Gasteiger partial charge in [-0.2, -0.15) is 0 Å². The lowest BCUT2D eigenvalue weighted by Gasteiger charge is -2.26. The molecule has 12 nitrogen and oxygen atoms in total. The van der Waals surface area contributed by atoms with Crippen LogP contribution in [0.3, 0.4) is 0 Å². The first-order valence-corrected chi connectivity index (χ1v) is 14.2. The molecule has 200 valence electrons. The van der Waals surface area contributed by atoms with Crippen molar-refractivity contribution in [2.24, 2.45) is 0 Å². The Hall–Kier alpha value is -3.59. The maximum atomic E-state index is 13.1. The summed E-state index contributed by atoms with van der Waals surface area (Å²) in [5, 5.41) is 0.641. The van der Waals surface area contributed by atoms with E-state index in [1.165, 1.54) is 16.8 Å². The Balaban J connectivity index is 1.40. The molecule has 0 aliphatic carbocycles. The number of pyridine rings is 2. The van der Waals surface area contributed by atoms with Crippen LogP contribution in [0.5, 0.6) is 5.75 Å². The first-order chi connectivity index (χ1) is 18.2. The molecule has 1 aliphatic rings. The molecule has 1 fully saturated rings. The number of anilines is 2. The van der Waals surface area contributed by atoms with Crippen molar-refractivity contribution in [3.63, 3.8) is 0 Å². The van der Waals surface area contributed by atoms with Crippen LogP contribution in [0.25, 0.3) is 16.8 Å². The molecule has 0 spiro atoms. The van der Waals surface area contributed by atoms with Crippen molar-refractivity contribution in [1.29, 1.82) is 0 Å². The van der Waals surface area contributed by atoms with E-state index in [9.17, 15) is 13.2 Å². The number of rotatable bonds is 8. The van der Waals surface area contributed by atoms with Crippen molar-refractivity contribution < 1.29 is 17.9 Å². The number of hydrogen-bond acceptors (Lipinski definition) is 11. The second kappa shape index (κ2) is 10.6. The van der Waals surface area contributed by atoms with E-state index in [0.717, 1.165) is 24.4 Å². The van der Waals surface area contributed by atoms with Crippen LogP contribution in [0, 0.1) is 13.8 Å². The fourth-order valence-corrected chi connectivity index (χ4v) is 6.66. The highest BCUT2D eigenvalue weighted by molar-refractivity contribution is 7.94. The summed E-state index contributed by atoms with van der Waals surface area (Å²) < 4.78 is 41.1. The van der Waals surface area contributed by atoms with Gasteiger partial charge in [0.15, 0.2) is 4.21 Å². The largest absolute Gasteiger partial charge is 0.485 e. The highest BCUT2D eigenvalue weighted by atomic mass is 32.2. The Morgan fingerprint density at radius 2 is 1.95 bits per heavy atom. The molecule has 0 aromatic carbocycles. The molecule has 38 heavy (non-hydrogen) atoms. The van der Waals surface area contributed by atoms with E-state index >= 15 is 0 Å². The second-order valence-electron chi connectivity index (χ2n) is 8.74. The third-order valence-electron chi connectivity index (χ3n) is 6.04. The molecule has 5 rings (SSSR count). The highest BCUT2D eigenvalue weighted by Crippen LogP contribution is 2.30. The zero-order valence-corrected chi connectivity index (χ0v) is 22.5. The number of ether oxygens (including phenoxy) is 2. The van der Waals surface area contributed by atoms with Crippen molar-refractivity contribution in [1.82, 2.24) is 24.3 Å². The fourth-order valence-electron chi connectivity index (χ4n) is 4.11. The van der Waals surface area contributed by atoms with E-state index in [0.29, 0.717) is 53.8 Å². The molecular weight excluding hydrogens is 530 g/mol. The predicted octanol–water partition coefficient (Wildman–Crippen LogP) is 1.92. The van der Waals surface area contributed by atoms with Crippen LogP contribution < -0.4 is 20.8 Å². The fraction of sp³-hybridized carbons (Fsp3) is 0.333. The van der Waals surface area contributed by atoms with Crippen LogP contribution in [0.4, 0.5) is 11.5 Å². The molecule has 0 radical (unpaired) electrons. The van der Waals surface area contributed by atoms with Gasteiger partial charge >= 0.3 is 0 Å². The SMILES string of the molecule is Cc1nc(C)c(S(=O)(=O)Nc2cc(-c3ccc4ncc(OCCN5CCOCC5)c(=O)n4c3)cnc2N)s1. The summed E-state index contributed by atoms with van der Waals surface area (Å²) in [5.41, 5.74) is 7.79. The maximum Gasteiger partial charge on any atom is 0.300 e. The van der Waals surface area contributed by atoms with Gasteiger partial charge in [-0.1, -0.05) is 0 Å². The minimum absolute atomic E-state index is 0.0202. The van der Waals surface area contributed by atoms with Crippen molar-refractivity contribution in [3.05, 3.63) is 57.8 Å². The van der Waals surface area contributed by atoms with Crippen LogP contribution in [-0.2, 0) is 14.8 Å². The lowest BCUT2D eigenvalue weighted by molar-refractivity contribution is 0.0321. The van der Waals surface area contributed by atoms with Crippen molar-refractivity contribution >= 4 is 38.5 Å².